The van der Waals surface area contributed by atoms with Crippen LogP contribution in [0.1, 0.15) is 36.0 Å². The second kappa shape index (κ2) is 8.05. The first-order valence-electron chi connectivity index (χ1n) is 10.5. The Hall–Kier alpha value is -3.37. The van der Waals surface area contributed by atoms with Crippen LogP contribution in [0.15, 0.2) is 78.9 Å². The van der Waals surface area contributed by atoms with Crippen molar-refractivity contribution in [2.45, 2.75) is 25.7 Å². The van der Waals surface area contributed by atoms with Crippen molar-refractivity contribution in [1.29, 1.82) is 0 Å². The number of rotatable bonds is 4. The van der Waals surface area contributed by atoms with Crippen molar-refractivity contribution in [2.24, 2.45) is 0 Å². The molecule has 0 saturated carbocycles. The number of para-hydroxylation sites is 1. The Morgan fingerprint density at radius 3 is 2.39 bits per heavy atom. The zero-order valence-corrected chi connectivity index (χ0v) is 17.9. The Bertz CT molecular complexity index is 1230. The number of fused-ring (bicyclic) bond motifs is 1. The minimum absolute atomic E-state index is 0.00296. The van der Waals surface area contributed by atoms with Crippen LogP contribution < -0.4 is 5.32 Å². The number of benzene rings is 3. The molecular formula is C26H22ClN3O. The first kappa shape index (κ1) is 19.6. The van der Waals surface area contributed by atoms with Gasteiger partial charge in [0.15, 0.2) is 0 Å². The summed E-state index contributed by atoms with van der Waals surface area (Å²) < 4.78 is 1.84. The molecule has 1 aliphatic rings. The van der Waals surface area contributed by atoms with Gasteiger partial charge in [0.05, 0.1) is 11.4 Å². The van der Waals surface area contributed by atoms with Crippen molar-refractivity contribution in [3.05, 3.63) is 101 Å². The lowest BCUT2D eigenvalue weighted by atomic mass is 9.84. The van der Waals surface area contributed by atoms with Crippen molar-refractivity contribution in [2.75, 3.05) is 5.32 Å². The standard InChI is InChI=1S/C26H22ClN3O/c1-2-17-8-10-18(11-9-17)22-16-23(31)28-26-24(22)25(19-12-14-20(27)15-13-19)29-30(26)21-6-4-3-5-7-21/h3-15,22H,2,16H2,1H3,(H,28,31). The number of halogens is 1. The highest BCUT2D eigenvalue weighted by atomic mass is 35.5. The van der Waals surface area contributed by atoms with Crippen LogP contribution in [0.25, 0.3) is 16.9 Å². The third-order valence-electron chi connectivity index (χ3n) is 5.83. The van der Waals surface area contributed by atoms with Gasteiger partial charge in [0.25, 0.3) is 0 Å². The minimum atomic E-state index is -0.0715. The van der Waals surface area contributed by atoms with E-state index in [4.69, 9.17) is 16.7 Å². The number of carbonyl (C=O) groups excluding carboxylic acids is 1. The van der Waals surface area contributed by atoms with Gasteiger partial charge in [0, 0.05) is 28.5 Å². The largest absolute Gasteiger partial charge is 0.310 e. The van der Waals surface area contributed by atoms with Crippen LogP contribution in [0, 0.1) is 0 Å². The van der Waals surface area contributed by atoms with Gasteiger partial charge in [-0.1, -0.05) is 73.1 Å². The molecule has 1 unspecified atom stereocenters. The molecule has 31 heavy (non-hydrogen) atoms. The molecule has 1 amide bonds. The van der Waals surface area contributed by atoms with E-state index < -0.39 is 0 Å². The normalized spacial score (nSPS) is 15.4. The molecule has 2 heterocycles. The lowest BCUT2D eigenvalue weighted by molar-refractivity contribution is -0.116. The Kier molecular flexibility index (Phi) is 5.08. The highest BCUT2D eigenvalue weighted by molar-refractivity contribution is 6.30. The van der Waals surface area contributed by atoms with Crippen LogP contribution in [0.5, 0.6) is 0 Å². The van der Waals surface area contributed by atoms with Crippen molar-refractivity contribution >= 4 is 23.3 Å². The van der Waals surface area contributed by atoms with Gasteiger partial charge in [-0.25, -0.2) is 4.68 Å². The lowest BCUT2D eigenvalue weighted by Crippen LogP contribution is -2.24. The maximum absolute atomic E-state index is 12.7. The van der Waals surface area contributed by atoms with Crippen molar-refractivity contribution < 1.29 is 4.79 Å². The summed E-state index contributed by atoms with van der Waals surface area (Å²) in [5, 5.41) is 8.73. The zero-order chi connectivity index (χ0) is 21.4. The van der Waals surface area contributed by atoms with Gasteiger partial charge >= 0.3 is 0 Å². The molecule has 0 saturated heterocycles. The fourth-order valence-corrected chi connectivity index (χ4v) is 4.32. The van der Waals surface area contributed by atoms with Gasteiger partial charge in [0.2, 0.25) is 5.91 Å². The van der Waals surface area contributed by atoms with Crippen LogP contribution in [0.4, 0.5) is 5.82 Å². The van der Waals surface area contributed by atoms with E-state index in [1.54, 1.807) is 0 Å². The van der Waals surface area contributed by atoms with E-state index >= 15 is 0 Å². The maximum Gasteiger partial charge on any atom is 0.226 e. The number of carbonyl (C=O) groups is 1. The molecule has 4 nitrogen and oxygen atoms in total. The smallest absolute Gasteiger partial charge is 0.226 e. The van der Waals surface area contributed by atoms with E-state index in [-0.39, 0.29) is 11.8 Å². The predicted molar refractivity (Wildman–Crippen MR) is 125 cm³/mol. The summed E-state index contributed by atoms with van der Waals surface area (Å²) in [5.74, 6) is 0.659. The summed E-state index contributed by atoms with van der Waals surface area (Å²) in [5.41, 5.74) is 6.18. The van der Waals surface area contributed by atoms with E-state index in [1.807, 2.05) is 59.3 Å². The number of aromatic nitrogens is 2. The number of anilines is 1. The second-order valence-corrected chi connectivity index (χ2v) is 8.20. The molecule has 1 aromatic heterocycles. The van der Waals surface area contributed by atoms with E-state index in [1.165, 1.54) is 5.56 Å². The molecule has 5 rings (SSSR count). The molecule has 154 valence electrons. The van der Waals surface area contributed by atoms with Gasteiger partial charge in [-0.3, -0.25) is 4.79 Å². The van der Waals surface area contributed by atoms with Gasteiger partial charge in [-0.05, 0) is 41.8 Å². The molecule has 4 aromatic rings. The molecule has 5 heteroatoms. The Morgan fingerprint density at radius 1 is 1.00 bits per heavy atom. The molecule has 0 spiro atoms. The molecule has 0 bridgehead atoms. The monoisotopic (exact) mass is 427 g/mol. The fraction of sp³-hybridized carbons (Fsp3) is 0.154. The van der Waals surface area contributed by atoms with E-state index in [0.717, 1.165) is 40.3 Å². The van der Waals surface area contributed by atoms with Crippen LogP contribution in [0.3, 0.4) is 0 Å². The molecule has 1 aliphatic heterocycles. The summed E-state index contributed by atoms with van der Waals surface area (Å²) in [7, 11) is 0. The average molecular weight is 428 g/mol. The van der Waals surface area contributed by atoms with Gasteiger partial charge < -0.3 is 5.32 Å². The summed E-state index contributed by atoms with van der Waals surface area (Å²) in [6, 6.07) is 26.2. The average Bonchev–Trinajstić information content (AvgIpc) is 3.19. The van der Waals surface area contributed by atoms with E-state index in [9.17, 15) is 4.79 Å². The molecule has 1 N–H and O–H groups in total. The van der Waals surface area contributed by atoms with Crippen LogP contribution in [0.2, 0.25) is 5.02 Å². The summed E-state index contributed by atoms with van der Waals surface area (Å²) in [4.78, 5) is 12.7. The molecule has 3 aromatic carbocycles. The molecule has 0 aliphatic carbocycles. The quantitative estimate of drug-likeness (QED) is 0.419. The molecular weight excluding hydrogens is 406 g/mol. The van der Waals surface area contributed by atoms with Crippen LogP contribution in [-0.2, 0) is 11.2 Å². The van der Waals surface area contributed by atoms with Gasteiger partial charge in [-0.2, -0.15) is 5.10 Å². The van der Waals surface area contributed by atoms with Crippen molar-refractivity contribution in [3.8, 4) is 16.9 Å². The third-order valence-corrected chi connectivity index (χ3v) is 6.08. The highest BCUT2D eigenvalue weighted by Gasteiger charge is 2.34. The van der Waals surface area contributed by atoms with E-state index in [2.05, 4.69) is 36.5 Å². The van der Waals surface area contributed by atoms with Crippen LogP contribution in [-0.4, -0.2) is 15.7 Å². The Balaban J connectivity index is 1.74. The number of amides is 1. The number of nitrogens with zero attached hydrogens (tertiary/aromatic N) is 2. The topological polar surface area (TPSA) is 46.9 Å². The van der Waals surface area contributed by atoms with Crippen LogP contribution >= 0.6 is 11.6 Å². The number of hydrogen-bond acceptors (Lipinski definition) is 2. The first-order chi connectivity index (χ1) is 15.1. The second-order valence-electron chi connectivity index (χ2n) is 7.77. The lowest BCUT2D eigenvalue weighted by Gasteiger charge is -2.25. The van der Waals surface area contributed by atoms with E-state index in [0.29, 0.717) is 11.4 Å². The predicted octanol–water partition coefficient (Wildman–Crippen LogP) is 6.23. The highest BCUT2D eigenvalue weighted by Crippen LogP contribution is 2.44. The molecule has 0 fully saturated rings. The summed E-state index contributed by atoms with van der Waals surface area (Å²) >= 11 is 6.13. The third kappa shape index (κ3) is 3.64. The van der Waals surface area contributed by atoms with Gasteiger partial charge in [0.1, 0.15) is 5.82 Å². The molecule has 0 radical (unpaired) electrons. The zero-order valence-electron chi connectivity index (χ0n) is 17.2. The fourth-order valence-electron chi connectivity index (χ4n) is 4.20. The Morgan fingerprint density at radius 2 is 1.71 bits per heavy atom. The number of hydrogen-bond donors (Lipinski definition) is 1. The Labute approximate surface area is 186 Å². The van der Waals surface area contributed by atoms with Gasteiger partial charge in [-0.15, -0.1) is 0 Å². The van der Waals surface area contributed by atoms with Crippen molar-refractivity contribution in [1.82, 2.24) is 9.78 Å². The first-order valence-corrected chi connectivity index (χ1v) is 10.8. The molecule has 1 atom stereocenters. The maximum atomic E-state index is 12.7. The summed E-state index contributed by atoms with van der Waals surface area (Å²) in [6.07, 6.45) is 1.37. The number of nitrogens with one attached hydrogen (secondary N) is 1. The number of aryl methyl sites for hydroxylation is 1. The SMILES string of the molecule is CCc1ccc(C2CC(=O)Nc3c2c(-c2ccc(Cl)cc2)nn3-c2ccccc2)cc1. The summed E-state index contributed by atoms with van der Waals surface area (Å²) in [6.45, 7) is 2.14. The van der Waals surface area contributed by atoms with Crippen molar-refractivity contribution in [3.63, 3.8) is 0 Å². The minimum Gasteiger partial charge on any atom is -0.310 e.